The van der Waals surface area contributed by atoms with Gasteiger partial charge in [0.1, 0.15) is 0 Å². The van der Waals surface area contributed by atoms with E-state index in [4.69, 9.17) is 0 Å². The Morgan fingerprint density at radius 1 is 1.31 bits per heavy atom. The number of carbonyl (C=O) groups excluding carboxylic acids is 2. The number of carbonyl (C=O) groups is 2. The molecule has 1 N–H and O–H groups in total. The van der Waals surface area contributed by atoms with Crippen LogP contribution in [0.15, 0.2) is 12.3 Å². The molecule has 7 heteroatoms. The number of nitrogens with zero attached hydrogens (tertiary/aromatic N) is 4. The van der Waals surface area contributed by atoms with Crippen molar-refractivity contribution >= 4 is 22.8 Å². The van der Waals surface area contributed by atoms with Crippen molar-refractivity contribution in [3.63, 3.8) is 0 Å². The highest BCUT2D eigenvalue weighted by molar-refractivity contribution is 5.99. The van der Waals surface area contributed by atoms with Crippen molar-refractivity contribution in [2.24, 2.45) is 0 Å². The highest BCUT2D eigenvalue weighted by Crippen LogP contribution is 2.20. The van der Waals surface area contributed by atoms with Crippen LogP contribution >= 0.6 is 0 Å². The van der Waals surface area contributed by atoms with E-state index in [-0.39, 0.29) is 29.9 Å². The Bertz CT molecular complexity index is 817. The highest BCUT2D eigenvalue weighted by Gasteiger charge is 2.23. The Hall–Kier alpha value is -2.44. The maximum atomic E-state index is 13.0. The van der Waals surface area contributed by atoms with E-state index in [0.717, 1.165) is 11.0 Å². The number of aromatic nitrogens is 3. The molecule has 2 aromatic rings. The summed E-state index contributed by atoms with van der Waals surface area (Å²) in [4.78, 5) is 31.3. The summed E-state index contributed by atoms with van der Waals surface area (Å²) in [6.07, 6.45) is 1.72. The van der Waals surface area contributed by atoms with Crippen molar-refractivity contribution in [2.45, 2.75) is 60.0 Å². The van der Waals surface area contributed by atoms with Crippen LogP contribution in [0.3, 0.4) is 0 Å². The number of fused-ring (bicyclic) bond motifs is 1. The minimum absolute atomic E-state index is 0.0232. The van der Waals surface area contributed by atoms with Crippen LogP contribution in [0.1, 0.15) is 63.6 Å². The molecule has 0 aliphatic heterocycles. The molecule has 26 heavy (non-hydrogen) atoms. The molecule has 0 fully saturated rings. The molecule has 0 aliphatic rings. The molecule has 0 saturated carbocycles. The summed E-state index contributed by atoms with van der Waals surface area (Å²) >= 11 is 0. The zero-order chi connectivity index (χ0) is 19.6. The topological polar surface area (TPSA) is 80.1 Å². The second-order valence-electron chi connectivity index (χ2n) is 7.83. The first-order valence-electron chi connectivity index (χ1n) is 8.98. The van der Waals surface area contributed by atoms with Gasteiger partial charge in [0.15, 0.2) is 5.65 Å². The van der Waals surface area contributed by atoms with Gasteiger partial charge in [0.25, 0.3) is 5.91 Å². The summed E-state index contributed by atoms with van der Waals surface area (Å²) in [5.41, 5.74) is 1.58. The summed E-state index contributed by atoms with van der Waals surface area (Å²) < 4.78 is 1.84. The maximum absolute atomic E-state index is 13.0. The van der Waals surface area contributed by atoms with Gasteiger partial charge < -0.3 is 10.2 Å². The molecule has 0 atom stereocenters. The van der Waals surface area contributed by atoms with Crippen molar-refractivity contribution in [3.05, 3.63) is 23.5 Å². The maximum Gasteiger partial charge on any atom is 0.256 e. The van der Waals surface area contributed by atoms with Crippen LogP contribution in [-0.4, -0.2) is 50.1 Å². The minimum atomic E-state index is -0.332. The number of amides is 2. The predicted molar refractivity (Wildman–Crippen MR) is 102 cm³/mol. The average molecular weight is 359 g/mol. The smallest absolute Gasteiger partial charge is 0.256 e. The standard InChI is InChI=1S/C19H29N5O2/c1-8-23(11-16(25)22-19(5,6)7)18(26)15-9-14-10-20-24(12(2)3)17(14)21-13(15)4/h9-10,12H,8,11H2,1-7H3,(H,22,25). The molecular weight excluding hydrogens is 330 g/mol. The number of hydrogen-bond acceptors (Lipinski definition) is 4. The van der Waals surface area contributed by atoms with E-state index in [1.807, 2.05) is 59.2 Å². The molecule has 0 aliphatic carbocycles. The van der Waals surface area contributed by atoms with Crippen molar-refractivity contribution in [3.8, 4) is 0 Å². The molecule has 2 rings (SSSR count). The fourth-order valence-corrected chi connectivity index (χ4v) is 2.79. The largest absolute Gasteiger partial charge is 0.350 e. The van der Waals surface area contributed by atoms with Gasteiger partial charge in [0.2, 0.25) is 5.91 Å². The third kappa shape index (κ3) is 4.39. The average Bonchev–Trinajstić information content (AvgIpc) is 2.92. The third-order valence-corrected chi connectivity index (χ3v) is 4.00. The first-order chi connectivity index (χ1) is 12.0. The number of aryl methyl sites for hydroxylation is 1. The summed E-state index contributed by atoms with van der Waals surface area (Å²) in [6, 6.07) is 2.00. The first kappa shape index (κ1) is 19.9. The van der Waals surface area contributed by atoms with Crippen LogP contribution in [-0.2, 0) is 4.79 Å². The van der Waals surface area contributed by atoms with Crippen LogP contribution in [0.5, 0.6) is 0 Å². The van der Waals surface area contributed by atoms with Gasteiger partial charge in [0.05, 0.1) is 24.0 Å². The fraction of sp³-hybridized carbons (Fsp3) is 0.579. The van der Waals surface area contributed by atoms with Gasteiger partial charge in [0, 0.05) is 23.5 Å². The van der Waals surface area contributed by atoms with Crippen LogP contribution in [0.4, 0.5) is 0 Å². The molecule has 2 amide bonds. The SMILES string of the molecule is CCN(CC(=O)NC(C)(C)C)C(=O)c1cc2cnn(C(C)C)c2nc1C. The van der Waals surface area contributed by atoms with Crippen LogP contribution < -0.4 is 5.32 Å². The van der Waals surface area contributed by atoms with E-state index < -0.39 is 0 Å². The summed E-state index contributed by atoms with van der Waals surface area (Å²) in [6.45, 7) is 14.0. The molecule has 7 nitrogen and oxygen atoms in total. The number of nitrogens with one attached hydrogen (secondary N) is 1. The predicted octanol–water partition coefficient (Wildman–Crippen LogP) is 2.70. The van der Waals surface area contributed by atoms with Crippen molar-refractivity contribution in [1.82, 2.24) is 25.0 Å². The molecule has 142 valence electrons. The monoisotopic (exact) mass is 359 g/mol. The fourth-order valence-electron chi connectivity index (χ4n) is 2.79. The Balaban J connectivity index is 2.29. The zero-order valence-corrected chi connectivity index (χ0v) is 16.8. The Morgan fingerprint density at radius 3 is 2.50 bits per heavy atom. The molecule has 2 heterocycles. The van der Waals surface area contributed by atoms with Crippen LogP contribution in [0, 0.1) is 6.92 Å². The number of rotatable bonds is 5. The van der Waals surface area contributed by atoms with Crippen LogP contribution in [0.2, 0.25) is 0 Å². The number of hydrogen-bond donors (Lipinski definition) is 1. The molecule has 0 unspecified atom stereocenters. The molecule has 0 spiro atoms. The van der Waals surface area contributed by atoms with Gasteiger partial charge in [-0.25, -0.2) is 9.67 Å². The van der Waals surface area contributed by atoms with E-state index in [2.05, 4.69) is 15.4 Å². The lowest BCUT2D eigenvalue weighted by molar-refractivity contribution is -0.123. The lowest BCUT2D eigenvalue weighted by atomic mass is 10.1. The molecule has 0 bridgehead atoms. The van der Waals surface area contributed by atoms with Gasteiger partial charge in [-0.05, 0) is 54.5 Å². The van der Waals surface area contributed by atoms with E-state index in [9.17, 15) is 9.59 Å². The second kappa shape index (κ2) is 7.43. The van der Waals surface area contributed by atoms with E-state index in [1.165, 1.54) is 4.90 Å². The molecule has 0 aromatic carbocycles. The van der Waals surface area contributed by atoms with Gasteiger partial charge in [-0.3, -0.25) is 9.59 Å². The Kier molecular flexibility index (Phi) is 5.68. The quantitative estimate of drug-likeness (QED) is 0.890. The second-order valence-corrected chi connectivity index (χ2v) is 7.83. The van der Waals surface area contributed by atoms with Gasteiger partial charge >= 0.3 is 0 Å². The lowest BCUT2D eigenvalue weighted by Gasteiger charge is -2.25. The summed E-state index contributed by atoms with van der Waals surface area (Å²) in [5, 5.41) is 8.07. The van der Waals surface area contributed by atoms with Crippen LogP contribution in [0.25, 0.3) is 11.0 Å². The van der Waals surface area contributed by atoms with Gasteiger partial charge in [-0.15, -0.1) is 0 Å². The lowest BCUT2D eigenvalue weighted by Crippen LogP contribution is -2.47. The molecule has 0 radical (unpaired) electrons. The molecule has 0 saturated heterocycles. The van der Waals surface area contributed by atoms with E-state index >= 15 is 0 Å². The number of likely N-dealkylation sites (N-methyl/N-ethyl adjacent to an activating group) is 1. The highest BCUT2D eigenvalue weighted by atomic mass is 16.2. The Morgan fingerprint density at radius 2 is 1.96 bits per heavy atom. The molecule has 2 aromatic heterocycles. The first-order valence-corrected chi connectivity index (χ1v) is 8.98. The van der Waals surface area contributed by atoms with E-state index in [0.29, 0.717) is 17.8 Å². The van der Waals surface area contributed by atoms with Gasteiger partial charge in [-0.1, -0.05) is 0 Å². The van der Waals surface area contributed by atoms with Gasteiger partial charge in [-0.2, -0.15) is 5.10 Å². The summed E-state index contributed by atoms with van der Waals surface area (Å²) in [7, 11) is 0. The summed E-state index contributed by atoms with van der Waals surface area (Å²) in [5.74, 6) is -0.368. The van der Waals surface area contributed by atoms with Crippen molar-refractivity contribution < 1.29 is 9.59 Å². The number of pyridine rings is 1. The Labute approximate surface area is 154 Å². The zero-order valence-electron chi connectivity index (χ0n) is 16.8. The minimum Gasteiger partial charge on any atom is -0.350 e. The normalized spacial score (nSPS) is 11.8. The third-order valence-electron chi connectivity index (χ3n) is 4.00. The van der Waals surface area contributed by atoms with Crippen molar-refractivity contribution in [2.75, 3.05) is 13.1 Å². The van der Waals surface area contributed by atoms with E-state index in [1.54, 1.807) is 6.20 Å². The molecular formula is C19H29N5O2. The van der Waals surface area contributed by atoms with Crippen molar-refractivity contribution in [1.29, 1.82) is 0 Å².